The van der Waals surface area contributed by atoms with E-state index in [1.165, 1.54) is 0 Å². The zero-order chi connectivity index (χ0) is 12.7. The fourth-order valence-electron chi connectivity index (χ4n) is 1.24. The molecule has 90 valence electrons. The lowest BCUT2D eigenvalue weighted by atomic mass is 10.2. The van der Waals surface area contributed by atoms with Gasteiger partial charge in [0, 0.05) is 6.04 Å². The van der Waals surface area contributed by atoms with Crippen molar-refractivity contribution in [2.75, 3.05) is 11.9 Å². The van der Waals surface area contributed by atoms with Crippen LogP contribution in [0.25, 0.3) is 0 Å². The molecular formula is C11H14N4O2. The third-order valence-electron chi connectivity index (χ3n) is 1.95. The Bertz CT molecular complexity index is 410. The van der Waals surface area contributed by atoms with Crippen LogP contribution in [0.4, 0.5) is 5.82 Å². The zero-order valence-corrected chi connectivity index (χ0v) is 9.80. The molecule has 0 aliphatic heterocycles. The second-order valence-corrected chi connectivity index (χ2v) is 3.47. The van der Waals surface area contributed by atoms with Crippen molar-refractivity contribution in [1.29, 1.82) is 5.26 Å². The van der Waals surface area contributed by atoms with Gasteiger partial charge in [-0.3, -0.25) is 4.79 Å². The van der Waals surface area contributed by atoms with Crippen LogP contribution in [0.2, 0.25) is 0 Å². The molecule has 6 nitrogen and oxygen atoms in total. The highest BCUT2D eigenvalue weighted by atomic mass is 16.5. The summed E-state index contributed by atoms with van der Waals surface area (Å²) in [6, 6.07) is 4.99. The zero-order valence-electron chi connectivity index (χ0n) is 9.80. The SMILES string of the molecule is CCOC(=O)CC(C)Nc1ccc(C#N)nn1. The van der Waals surface area contributed by atoms with Gasteiger partial charge in [-0.15, -0.1) is 10.2 Å². The van der Waals surface area contributed by atoms with E-state index in [1.54, 1.807) is 19.1 Å². The molecule has 1 atom stereocenters. The van der Waals surface area contributed by atoms with Gasteiger partial charge in [0.15, 0.2) is 5.69 Å². The molecule has 0 aliphatic carbocycles. The van der Waals surface area contributed by atoms with Crippen molar-refractivity contribution in [3.8, 4) is 6.07 Å². The first-order chi connectivity index (χ1) is 8.15. The van der Waals surface area contributed by atoms with Gasteiger partial charge < -0.3 is 10.1 Å². The average Bonchev–Trinajstić information content (AvgIpc) is 2.30. The van der Waals surface area contributed by atoms with Crippen LogP contribution in [0.3, 0.4) is 0 Å². The highest BCUT2D eigenvalue weighted by Gasteiger charge is 2.10. The Morgan fingerprint density at radius 2 is 2.35 bits per heavy atom. The summed E-state index contributed by atoms with van der Waals surface area (Å²) < 4.78 is 4.83. The van der Waals surface area contributed by atoms with Crippen molar-refractivity contribution in [2.24, 2.45) is 0 Å². The number of nitrogens with zero attached hydrogens (tertiary/aromatic N) is 3. The molecule has 1 aromatic heterocycles. The van der Waals surface area contributed by atoms with Crippen LogP contribution < -0.4 is 5.32 Å². The number of nitriles is 1. The first-order valence-corrected chi connectivity index (χ1v) is 5.31. The molecule has 0 aliphatic rings. The molecule has 1 unspecified atom stereocenters. The summed E-state index contributed by atoms with van der Waals surface area (Å²) in [5.74, 6) is 0.273. The van der Waals surface area contributed by atoms with Gasteiger partial charge >= 0.3 is 5.97 Å². The minimum absolute atomic E-state index is 0.101. The van der Waals surface area contributed by atoms with Crippen molar-refractivity contribution in [1.82, 2.24) is 10.2 Å². The number of hydrogen-bond donors (Lipinski definition) is 1. The van der Waals surface area contributed by atoms with Crippen molar-refractivity contribution < 1.29 is 9.53 Å². The molecule has 0 radical (unpaired) electrons. The van der Waals surface area contributed by atoms with Crippen LogP contribution in [0, 0.1) is 11.3 Å². The molecule has 6 heteroatoms. The van der Waals surface area contributed by atoms with E-state index in [-0.39, 0.29) is 24.1 Å². The maximum absolute atomic E-state index is 11.2. The van der Waals surface area contributed by atoms with Crippen LogP contribution in [0.1, 0.15) is 26.0 Å². The van der Waals surface area contributed by atoms with E-state index in [1.807, 2.05) is 13.0 Å². The molecule has 1 heterocycles. The molecule has 17 heavy (non-hydrogen) atoms. The van der Waals surface area contributed by atoms with Gasteiger partial charge in [0.25, 0.3) is 0 Å². The molecule has 0 saturated heterocycles. The third kappa shape index (κ3) is 4.47. The maximum Gasteiger partial charge on any atom is 0.307 e. The summed E-state index contributed by atoms with van der Waals surface area (Å²) in [7, 11) is 0. The predicted octanol–water partition coefficient (Wildman–Crippen LogP) is 1.10. The summed E-state index contributed by atoms with van der Waals surface area (Å²) in [5, 5.41) is 19.0. The van der Waals surface area contributed by atoms with Crippen molar-refractivity contribution in [3.63, 3.8) is 0 Å². The Morgan fingerprint density at radius 1 is 1.59 bits per heavy atom. The minimum Gasteiger partial charge on any atom is -0.466 e. The lowest BCUT2D eigenvalue weighted by molar-refractivity contribution is -0.143. The van der Waals surface area contributed by atoms with Gasteiger partial charge in [-0.05, 0) is 26.0 Å². The fourth-order valence-corrected chi connectivity index (χ4v) is 1.24. The fraction of sp³-hybridized carbons (Fsp3) is 0.455. The largest absolute Gasteiger partial charge is 0.466 e. The van der Waals surface area contributed by atoms with Gasteiger partial charge in [-0.2, -0.15) is 5.26 Å². The van der Waals surface area contributed by atoms with E-state index in [0.29, 0.717) is 12.4 Å². The van der Waals surface area contributed by atoms with E-state index in [0.717, 1.165) is 0 Å². The normalized spacial score (nSPS) is 11.4. The monoisotopic (exact) mass is 234 g/mol. The van der Waals surface area contributed by atoms with Gasteiger partial charge in [-0.25, -0.2) is 0 Å². The van der Waals surface area contributed by atoms with Crippen LogP contribution in [0.5, 0.6) is 0 Å². The Morgan fingerprint density at radius 3 is 2.88 bits per heavy atom. The molecule has 0 spiro atoms. The number of esters is 1. The Kier molecular flexibility index (Phi) is 4.88. The van der Waals surface area contributed by atoms with Crippen molar-refractivity contribution in [2.45, 2.75) is 26.3 Å². The second kappa shape index (κ2) is 6.43. The number of rotatable bonds is 5. The Labute approximate surface area is 99.6 Å². The molecule has 0 saturated carbocycles. The molecule has 0 fully saturated rings. The quantitative estimate of drug-likeness (QED) is 0.767. The van der Waals surface area contributed by atoms with E-state index < -0.39 is 0 Å². The number of anilines is 1. The lowest BCUT2D eigenvalue weighted by Crippen LogP contribution is -2.21. The van der Waals surface area contributed by atoms with Crippen molar-refractivity contribution in [3.05, 3.63) is 17.8 Å². The highest BCUT2D eigenvalue weighted by Crippen LogP contribution is 2.06. The summed E-state index contributed by atoms with van der Waals surface area (Å²) in [4.78, 5) is 11.2. The van der Waals surface area contributed by atoms with Gasteiger partial charge in [0.1, 0.15) is 11.9 Å². The number of carbonyl (C=O) groups excluding carboxylic acids is 1. The molecule has 0 bridgehead atoms. The first kappa shape index (κ1) is 12.9. The van der Waals surface area contributed by atoms with Crippen LogP contribution in [-0.2, 0) is 9.53 Å². The smallest absolute Gasteiger partial charge is 0.307 e. The molecule has 1 aromatic rings. The number of ether oxygens (including phenoxy) is 1. The topological polar surface area (TPSA) is 87.9 Å². The van der Waals surface area contributed by atoms with Crippen LogP contribution in [0.15, 0.2) is 12.1 Å². The van der Waals surface area contributed by atoms with E-state index in [4.69, 9.17) is 10.00 Å². The molecule has 0 aromatic carbocycles. The van der Waals surface area contributed by atoms with Gasteiger partial charge in [0.05, 0.1) is 13.0 Å². The van der Waals surface area contributed by atoms with Crippen molar-refractivity contribution >= 4 is 11.8 Å². The molecule has 1 N–H and O–H groups in total. The van der Waals surface area contributed by atoms with E-state index in [9.17, 15) is 4.79 Å². The third-order valence-corrected chi connectivity index (χ3v) is 1.95. The Balaban J connectivity index is 2.47. The highest BCUT2D eigenvalue weighted by molar-refractivity contribution is 5.70. The molecule has 0 amide bonds. The number of aromatic nitrogens is 2. The number of nitrogens with one attached hydrogen (secondary N) is 1. The second-order valence-electron chi connectivity index (χ2n) is 3.47. The minimum atomic E-state index is -0.255. The van der Waals surface area contributed by atoms with E-state index >= 15 is 0 Å². The van der Waals surface area contributed by atoms with Crippen LogP contribution >= 0.6 is 0 Å². The summed E-state index contributed by atoms with van der Waals surface area (Å²) in [5.41, 5.74) is 0.258. The van der Waals surface area contributed by atoms with Gasteiger partial charge in [0.2, 0.25) is 0 Å². The van der Waals surface area contributed by atoms with Crippen LogP contribution in [-0.4, -0.2) is 28.8 Å². The molecular weight excluding hydrogens is 220 g/mol. The number of carbonyl (C=O) groups is 1. The first-order valence-electron chi connectivity index (χ1n) is 5.31. The lowest BCUT2D eigenvalue weighted by Gasteiger charge is -2.12. The number of hydrogen-bond acceptors (Lipinski definition) is 6. The summed E-state index contributed by atoms with van der Waals surface area (Å²) in [6.45, 7) is 3.99. The maximum atomic E-state index is 11.2. The summed E-state index contributed by atoms with van der Waals surface area (Å²) in [6.07, 6.45) is 0.259. The molecule has 1 rings (SSSR count). The average molecular weight is 234 g/mol. The predicted molar refractivity (Wildman–Crippen MR) is 61.1 cm³/mol. The standard InChI is InChI=1S/C11H14N4O2/c1-3-17-11(16)6-8(2)13-10-5-4-9(7-12)14-15-10/h4-5,8H,3,6H2,1-2H3,(H,13,15). The summed E-state index contributed by atoms with van der Waals surface area (Å²) >= 11 is 0. The van der Waals surface area contributed by atoms with Gasteiger partial charge in [-0.1, -0.05) is 0 Å². The van der Waals surface area contributed by atoms with E-state index in [2.05, 4.69) is 15.5 Å². The Hall–Kier alpha value is -2.16.